The summed E-state index contributed by atoms with van der Waals surface area (Å²) in [5, 5.41) is 9.65. The minimum Gasteiger partial charge on any atom is -0.481 e. The molecule has 0 saturated heterocycles. The smallest absolute Gasteiger partial charge is 0.471 e. The summed E-state index contributed by atoms with van der Waals surface area (Å²) in [7, 11) is 0. The Kier molecular flexibility index (Phi) is 4.22. The van der Waals surface area contributed by atoms with Gasteiger partial charge in [0.05, 0.1) is 0 Å². The maximum absolute atomic E-state index is 11.5. The average Bonchev–Trinajstić information content (AvgIpc) is 1.95. The number of alkyl halides is 3. The summed E-state index contributed by atoms with van der Waals surface area (Å²) in [6, 6.07) is 0. The van der Waals surface area contributed by atoms with Crippen LogP contribution in [0, 0.1) is 0 Å². The summed E-state index contributed by atoms with van der Waals surface area (Å²) in [5.41, 5.74) is 0. The average molecular weight is 199 g/mol. The lowest BCUT2D eigenvalue weighted by molar-refractivity contribution is -0.173. The molecule has 0 aliphatic rings. The first-order valence-corrected chi connectivity index (χ1v) is 3.41. The van der Waals surface area contributed by atoms with Gasteiger partial charge in [-0.15, -0.1) is 0 Å². The molecule has 2 N–H and O–H groups in total. The lowest BCUT2D eigenvalue weighted by Gasteiger charge is -2.06. The van der Waals surface area contributed by atoms with Gasteiger partial charge in [0, 0.05) is 13.0 Å². The van der Waals surface area contributed by atoms with Gasteiger partial charge >= 0.3 is 18.1 Å². The molecule has 7 heteroatoms. The molecule has 0 aliphatic carbocycles. The SMILES string of the molecule is O=C(O)CCCNC(=O)C(F)(F)F. The molecule has 0 atom stereocenters. The molecule has 0 rings (SSSR count). The highest BCUT2D eigenvalue weighted by molar-refractivity contribution is 5.81. The second kappa shape index (κ2) is 4.68. The quantitative estimate of drug-likeness (QED) is 0.649. The van der Waals surface area contributed by atoms with E-state index in [0.717, 1.165) is 0 Å². The fourth-order valence-corrected chi connectivity index (χ4v) is 0.542. The highest BCUT2D eigenvalue weighted by Gasteiger charge is 2.38. The van der Waals surface area contributed by atoms with Crippen molar-refractivity contribution >= 4 is 11.9 Å². The minimum atomic E-state index is -4.90. The second-order valence-electron chi connectivity index (χ2n) is 2.25. The van der Waals surface area contributed by atoms with Crippen LogP contribution in [0.15, 0.2) is 0 Å². The van der Waals surface area contributed by atoms with Gasteiger partial charge in [-0.25, -0.2) is 0 Å². The first-order chi connectivity index (χ1) is 5.84. The van der Waals surface area contributed by atoms with Crippen LogP contribution in [0.25, 0.3) is 0 Å². The molecule has 0 saturated carbocycles. The number of carbonyl (C=O) groups excluding carboxylic acids is 1. The Morgan fingerprint density at radius 1 is 1.31 bits per heavy atom. The van der Waals surface area contributed by atoms with Crippen molar-refractivity contribution in [2.45, 2.75) is 19.0 Å². The summed E-state index contributed by atoms with van der Waals surface area (Å²) < 4.78 is 34.5. The molecule has 0 unspecified atom stereocenters. The largest absolute Gasteiger partial charge is 0.481 e. The Labute approximate surface area is 71.7 Å². The van der Waals surface area contributed by atoms with E-state index in [1.165, 1.54) is 0 Å². The van der Waals surface area contributed by atoms with E-state index in [4.69, 9.17) is 5.11 Å². The highest BCUT2D eigenvalue weighted by atomic mass is 19.4. The van der Waals surface area contributed by atoms with Crippen molar-refractivity contribution in [1.82, 2.24) is 5.32 Å². The van der Waals surface area contributed by atoms with Crippen molar-refractivity contribution in [3.05, 3.63) is 0 Å². The van der Waals surface area contributed by atoms with Gasteiger partial charge in [-0.2, -0.15) is 13.2 Å². The fourth-order valence-electron chi connectivity index (χ4n) is 0.542. The fraction of sp³-hybridized carbons (Fsp3) is 0.667. The molecular weight excluding hydrogens is 191 g/mol. The van der Waals surface area contributed by atoms with Crippen molar-refractivity contribution in [3.63, 3.8) is 0 Å². The van der Waals surface area contributed by atoms with Gasteiger partial charge in [0.2, 0.25) is 0 Å². The lowest BCUT2D eigenvalue weighted by atomic mass is 10.3. The second-order valence-corrected chi connectivity index (χ2v) is 2.25. The molecule has 0 heterocycles. The predicted octanol–water partition coefficient (Wildman–Crippen LogP) is 0.530. The third-order valence-corrected chi connectivity index (χ3v) is 1.11. The van der Waals surface area contributed by atoms with Crippen LogP contribution in [0.5, 0.6) is 0 Å². The van der Waals surface area contributed by atoms with Crippen LogP contribution in [0.2, 0.25) is 0 Å². The van der Waals surface area contributed by atoms with E-state index in [0.29, 0.717) is 0 Å². The van der Waals surface area contributed by atoms with Gasteiger partial charge in [-0.3, -0.25) is 9.59 Å². The number of amides is 1. The molecule has 1 amide bonds. The molecule has 0 spiro atoms. The zero-order chi connectivity index (χ0) is 10.5. The summed E-state index contributed by atoms with van der Waals surface area (Å²) in [4.78, 5) is 20.0. The van der Waals surface area contributed by atoms with Crippen LogP contribution in [-0.2, 0) is 9.59 Å². The Hall–Kier alpha value is -1.27. The number of carbonyl (C=O) groups is 2. The number of halogens is 3. The van der Waals surface area contributed by atoms with Gasteiger partial charge < -0.3 is 10.4 Å². The molecule has 76 valence electrons. The lowest BCUT2D eigenvalue weighted by Crippen LogP contribution is -2.37. The molecule has 0 bridgehead atoms. The molecule has 0 aromatic carbocycles. The summed E-state index contributed by atoms with van der Waals surface area (Å²) in [5.74, 6) is -3.15. The molecular formula is C6H8F3NO3. The first-order valence-electron chi connectivity index (χ1n) is 3.41. The zero-order valence-corrected chi connectivity index (χ0v) is 6.52. The van der Waals surface area contributed by atoms with Crippen LogP contribution in [0.1, 0.15) is 12.8 Å². The van der Waals surface area contributed by atoms with Crippen LogP contribution in [0.4, 0.5) is 13.2 Å². The maximum Gasteiger partial charge on any atom is 0.471 e. The van der Waals surface area contributed by atoms with E-state index >= 15 is 0 Å². The molecule has 13 heavy (non-hydrogen) atoms. The first kappa shape index (κ1) is 11.7. The van der Waals surface area contributed by atoms with Gasteiger partial charge in [0.15, 0.2) is 0 Å². The number of hydrogen-bond donors (Lipinski definition) is 2. The minimum absolute atomic E-state index is 0.0167. The number of rotatable bonds is 4. The van der Waals surface area contributed by atoms with E-state index in [-0.39, 0.29) is 19.4 Å². The Balaban J connectivity index is 3.55. The van der Waals surface area contributed by atoms with E-state index in [1.54, 1.807) is 5.32 Å². The zero-order valence-electron chi connectivity index (χ0n) is 6.52. The van der Waals surface area contributed by atoms with Gasteiger partial charge in [-0.05, 0) is 6.42 Å². The Morgan fingerprint density at radius 3 is 2.23 bits per heavy atom. The van der Waals surface area contributed by atoms with Crippen molar-refractivity contribution in [1.29, 1.82) is 0 Å². The van der Waals surface area contributed by atoms with E-state index in [2.05, 4.69) is 0 Å². The van der Waals surface area contributed by atoms with E-state index in [1.807, 2.05) is 0 Å². The molecule has 0 fully saturated rings. The van der Waals surface area contributed by atoms with Crippen LogP contribution < -0.4 is 5.32 Å². The molecule has 0 radical (unpaired) electrons. The highest BCUT2D eigenvalue weighted by Crippen LogP contribution is 2.13. The van der Waals surface area contributed by atoms with Crippen LogP contribution in [-0.4, -0.2) is 29.7 Å². The van der Waals surface area contributed by atoms with Crippen molar-refractivity contribution in [2.24, 2.45) is 0 Å². The van der Waals surface area contributed by atoms with Gasteiger partial charge in [0.1, 0.15) is 0 Å². The standard InChI is InChI=1S/C6H8F3NO3/c7-6(8,9)5(13)10-3-1-2-4(11)12/h1-3H2,(H,10,13)(H,11,12). The Bertz CT molecular complexity index is 202. The van der Waals surface area contributed by atoms with E-state index in [9.17, 15) is 22.8 Å². The predicted molar refractivity (Wildman–Crippen MR) is 35.9 cm³/mol. The number of carboxylic acid groups (broad SMARTS) is 1. The number of nitrogens with one attached hydrogen (secondary N) is 1. The van der Waals surface area contributed by atoms with Crippen molar-refractivity contribution in [2.75, 3.05) is 6.54 Å². The molecule has 0 aromatic rings. The van der Waals surface area contributed by atoms with Crippen LogP contribution >= 0.6 is 0 Å². The topological polar surface area (TPSA) is 66.4 Å². The molecule has 4 nitrogen and oxygen atoms in total. The van der Waals surface area contributed by atoms with Gasteiger partial charge in [0.25, 0.3) is 0 Å². The van der Waals surface area contributed by atoms with Crippen LogP contribution in [0.3, 0.4) is 0 Å². The monoisotopic (exact) mass is 199 g/mol. The summed E-state index contributed by atoms with van der Waals surface area (Å²) in [6.45, 7) is -0.287. The van der Waals surface area contributed by atoms with E-state index < -0.39 is 18.1 Å². The summed E-state index contributed by atoms with van der Waals surface area (Å²) in [6.07, 6.45) is -5.18. The third kappa shape index (κ3) is 5.94. The maximum atomic E-state index is 11.5. The van der Waals surface area contributed by atoms with Crippen molar-refractivity contribution in [3.8, 4) is 0 Å². The Morgan fingerprint density at radius 2 is 1.85 bits per heavy atom. The molecule has 0 aromatic heterocycles. The molecule has 0 aliphatic heterocycles. The number of carboxylic acids is 1. The third-order valence-electron chi connectivity index (χ3n) is 1.11. The summed E-state index contributed by atoms with van der Waals surface area (Å²) >= 11 is 0. The van der Waals surface area contributed by atoms with Gasteiger partial charge in [-0.1, -0.05) is 0 Å². The number of aliphatic carboxylic acids is 1. The number of hydrogen-bond acceptors (Lipinski definition) is 2. The van der Waals surface area contributed by atoms with Crippen molar-refractivity contribution < 1.29 is 27.9 Å². The normalized spacial score (nSPS) is 11.0.